The first kappa shape index (κ1) is 20.6. The molecule has 1 aromatic heterocycles. The van der Waals surface area contributed by atoms with Gasteiger partial charge in [0, 0.05) is 12.4 Å². The number of aliphatic imine (C=N–C) groups is 2. The second-order valence-electron chi connectivity index (χ2n) is 6.43. The van der Waals surface area contributed by atoms with Crippen molar-refractivity contribution in [3.63, 3.8) is 0 Å². The summed E-state index contributed by atoms with van der Waals surface area (Å²) in [6.45, 7) is 0.846. The Labute approximate surface area is 173 Å². The smallest absolute Gasteiger partial charge is 0.335 e. The largest absolute Gasteiger partial charge is 0.478 e. The predicted octanol–water partition coefficient (Wildman–Crippen LogP) is 3.72. The first-order chi connectivity index (χ1) is 14.5. The van der Waals surface area contributed by atoms with Gasteiger partial charge in [-0.25, -0.2) is 14.6 Å². The molecule has 0 aliphatic carbocycles. The number of benzene rings is 2. The van der Waals surface area contributed by atoms with Gasteiger partial charge in [-0.3, -0.25) is 9.98 Å². The number of aromatic nitrogens is 1. The van der Waals surface area contributed by atoms with Gasteiger partial charge in [0.25, 0.3) is 0 Å². The van der Waals surface area contributed by atoms with E-state index in [1.807, 2.05) is 18.2 Å². The summed E-state index contributed by atoms with van der Waals surface area (Å²) in [5, 5.41) is 17.8. The third-order valence-corrected chi connectivity index (χ3v) is 4.19. The number of nitrogens with zero attached hydrogens (tertiary/aromatic N) is 3. The van der Waals surface area contributed by atoms with E-state index in [-0.39, 0.29) is 11.1 Å². The van der Waals surface area contributed by atoms with E-state index in [9.17, 15) is 9.59 Å². The van der Waals surface area contributed by atoms with Crippen LogP contribution in [-0.2, 0) is 13.1 Å². The van der Waals surface area contributed by atoms with Crippen molar-refractivity contribution in [2.24, 2.45) is 9.98 Å². The van der Waals surface area contributed by atoms with Crippen molar-refractivity contribution in [1.82, 2.24) is 4.98 Å². The number of carboxylic acids is 2. The molecule has 0 saturated carbocycles. The second-order valence-corrected chi connectivity index (χ2v) is 6.43. The molecule has 0 spiro atoms. The van der Waals surface area contributed by atoms with Crippen LogP contribution in [0.3, 0.4) is 0 Å². The standard InChI is InChI=1S/C23H19N3O4/c27-22(28)18-8-4-16(5-9-18)12-24-14-20-2-1-3-21(26-20)15-25-13-17-6-10-19(11-7-17)23(29)30/h1-11,14-15H,12-13H2,(H,27,28)(H,29,30). The van der Waals surface area contributed by atoms with Crippen molar-refractivity contribution in [1.29, 1.82) is 0 Å². The summed E-state index contributed by atoms with van der Waals surface area (Å²) in [6, 6.07) is 18.7. The molecule has 0 amide bonds. The summed E-state index contributed by atoms with van der Waals surface area (Å²) < 4.78 is 0. The van der Waals surface area contributed by atoms with E-state index in [2.05, 4.69) is 15.0 Å². The Morgan fingerprint density at radius 3 is 1.47 bits per heavy atom. The quantitative estimate of drug-likeness (QED) is 0.559. The van der Waals surface area contributed by atoms with E-state index in [0.717, 1.165) is 11.1 Å². The highest BCUT2D eigenvalue weighted by molar-refractivity contribution is 5.88. The van der Waals surface area contributed by atoms with Crippen LogP contribution in [0.2, 0.25) is 0 Å². The highest BCUT2D eigenvalue weighted by Crippen LogP contribution is 2.07. The third kappa shape index (κ3) is 5.93. The van der Waals surface area contributed by atoms with E-state index in [1.54, 1.807) is 61.0 Å². The summed E-state index contributed by atoms with van der Waals surface area (Å²) >= 11 is 0. The van der Waals surface area contributed by atoms with E-state index >= 15 is 0 Å². The SMILES string of the molecule is O=C(O)c1ccc(CN=Cc2cccc(C=NCc3ccc(C(=O)O)cc3)n2)cc1. The normalized spacial score (nSPS) is 11.2. The molecule has 3 rings (SSSR count). The molecule has 0 aliphatic heterocycles. The zero-order valence-electron chi connectivity index (χ0n) is 16.0. The Balaban J connectivity index is 1.57. The van der Waals surface area contributed by atoms with Crippen LogP contribution in [0.15, 0.2) is 76.7 Å². The van der Waals surface area contributed by atoms with Crippen molar-refractivity contribution in [2.75, 3.05) is 0 Å². The molecular formula is C23H19N3O4. The van der Waals surface area contributed by atoms with E-state index in [0.29, 0.717) is 24.5 Å². The van der Waals surface area contributed by atoms with Crippen LogP contribution < -0.4 is 0 Å². The molecule has 2 aromatic carbocycles. The number of pyridine rings is 1. The molecule has 0 unspecified atom stereocenters. The molecule has 0 aliphatic rings. The lowest BCUT2D eigenvalue weighted by Gasteiger charge is -1.99. The highest BCUT2D eigenvalue weighted by Gasteiger charge is 2.02. The van der Waals surface area contributed by atoms with Crippen LogP contribution in [0.25, 0.3) is 0 Å². The summed E-state index contributed by atoms with van der Waals surface area (Å²) in [7, 11) is 0. The van der Waals surface area contributed by atoms with E-state index < -0.39 is 11.9 Å². The minimum absolute atomic E-state index is 0.245. The first-order valence-electron chi connectivity index (χ1n) is 9.12. The Morgan fingerprint density at radius 2 is 1.10 bits per heavy atom. The molecule has 7 nitrogen and oxygen atoms in total. The van der Waals surface area contributed by atoms with Gasteiger partial charge in [-0.05, 0) is 47.5 Å². The molecule has 0 fully saturated rings. The Hall–Kier alpha value is -4.13. The molecule has 150 valence electrons. The molecule has 30 heavy (non-hydrogen) atoms. The molecule has 7 heteroatoms. The lowest BCUT2D eigenvalue weighted by Crippen LogP contribution is -1.97. The first-order valence-corrected chi connectivity index (χ1v) is 9.12. The fraction of sp³-hybridized carbons (Fsp3) is 0.0870. The maximum Gasteiger partial charge on any atom is 0.335 e. The van der Waals surface area contributed by atoms with Crippen LogP contribution in [0, 0.1) is 0 Å². The van der Waals surface area contributed by atoms with Gasteiger partial charge in [0.1, 0.15) is 0 Å². The molecule has 0 bridgehead atoms. The van der Waals surface area contributed by atoms with Gasteiger partial charge in [-0.15, -0.1) is 0 Å². The zero-order chi connectivity index (χ0) is 21.3. The van der Waals surface area contributed by atoms with Crippen LogP contribution in [-0.4, -0.2) is 39.6 Å². The third-order valence-electron chi connectivity index (χ3n) is 4.19. The number of aromatic carboxylic acids is 2. The van der Waals surface area contributed by atoms with Gasteiger partial charge in [-0.1, -0.05) is 30.3 Å². The van der Waals surface area contributed by atoms with E-state index in [4.69, 9.17) is 10.2 Å². The topological polar surface area (TPSA) is 112 Å². The second kappa shape index (κ2) is 9.88. The Bertz CT molecular complexity index is 1000. The van der Waals surface area contributed by atoms with Crippen molar-refractivity contribution >= 4 is 24.4 Å². The molecule has 0 saturated heterocycles. The van der Waals surface area contributed by atoms with Gasteiger partial charge in [0.05, 0.1) is 35.6 Å². The van der Waals surface area contributed by atoms with Crippen LogP contribution >= 0.6 is 0 Å². The van der Waals surface area contributed by atoms with Crippen molar-refractivity contribution in [3.8, 4) is 0 Å². The monoisotopic (exact) mass is 401 g/mol. The van der Waals surface area contributed by atoms with Crippen molar-refractivity contribution < 1.29 is 19.8 Å². The van der Waals surface area contributed by atoms with Gasteiger partial charge < -0.3 is 10.2 Å². The summed E-state index contributed by atoms with van der Waals surface area (Å²) in [5.41, 5.74) is 3.67. The molecular weight excluding hydrogens is 382 g/mol. The lowest BCUT2D eigenvalue weighted by molar-refractivity contribution is 0.0686. The summed E-state index contributed by atoms with van der Waals surface area (Å²) in [5.74, 6) is -1.91. The number of rotatable bonds is 8. The van der Waals surface area contributed by atoms with Gasteiger partial charge in [-0.2, -0.15) is 0 Å². The minimum Gasteiger partial charge on any atom is -0.478 e. The van der Waals surface area contributed by atoms with Gasteiger partial charge in [0.15, 0.2) is 0 Å². The van der Waals surface area contributed by atoms with Crippen LogP contribution in [0.5, 0.6) is 0 Å². The molecule has 2 N–H and O–H groups in total. The number of hydrogen-bond donors (Lipinski definition) is 2. The van der Waals surface area contributed by atoms with Crippen molar-refractivity contribution in [3.05, 3.63) is 100 Å². The Morgan fingerprint density at radius 1 is 0.700 bits per heavy atom. The van der Waals surface area contributed by atoms with Crippen molar-refractivity contribution in [2.45, 2.75) is 13.1 Å². The Kier molecular flexibility index (Phi) is 6.78. The zero-order valence-corrected chi connectivity index (χ0v) is 16.0. The highest BCUT2D eigenvalue weighted by atomic mass is 16.4. The van der Waals surface area contributed by atoms with Gasteiger partial charge >= 0.3 is 11.9 Å². The fourth-order valence-corrected chi connectivity index (χ4v) is 2.61. The minimum atomic E-state index is -0.954. The van der Waals surface area contributed by atoms with Crippen LogP contribution in [0.1, 0.15) is 43.2 Å². The lowest BCUT2D eigenvalue weighted by atomic mass is 10.1. The van der Waals surface area contributed by atoms with Gasteiger partial charge in [0.2, 0.25) is 0 Å². The molecule has 0 radical (unpaired) electrons. The maximum absolute atomic E-state index is 10.9. The molecule has 3 aromatic rings. The molecule has 0 atom stereocenters. The average molecular weight is 401 g/mol. The van der Waals surface area contributed by atoms with Crippen LogP contribution in [0.4, 0.5) is 0 Å². The number of carboxylic acid groups (broad SMARTS) is 2. The summed E-state index contributed by atoms with van der Waals surface area (Å²) in [6.07, 6.45) is 3.32. The molecule has 1 heterocycles. The number of carbonyl (C=O) groups is 2. The average Bonchev–Trinajstić information content (AvgIpc) is 2.75. The fourth-order valence-electron chi connectivity index (χ4n) is 2.61. The number of hydrogen-bond acceptors (Lipinski definition) is 5. The summed E-state index contributed by atoms with van der Waals surface area (Å²) in [4.78, 5) is 34.9. The predicted molar refractivity (Wildman–Crippen MR) is 114 cm³/mol. The van der Waals surface area contributed by atoms with E-state index in [1.165, 1.54) is 0 Å². The maximum atomic E-state index is 10.9.